The topological polar surface area (TPSA) is 26.0 Å². The van der Waals surface area contributed by atoms with E-state index in [9.17, 15) is 17.6 Å². The van der Waals surface area contributed by atoms with Gasteiger partial charge in [-0.3, -0.25) is 0 Å². The van der Waals surface area contributed by atoms with Crippen molar-refractivity contribution in [3.63, 3.8) is 0 Å². The summed E-state index contributed by atoms with van der Waals surface area (Å²) in [5.74, 6) is -0.721. The molecule has 0 aliphatic carbocycles. The zero-order chi connectivity index (χ0) is 14.8. The average Bonchev–Trinajstić information content (AvgIpc) is 2.39. The van der Waals surface area contributed by atoms with Crippen LogP contribution >= 0.6 is 0 Å². The van der Waals surface area contributed by atoms with Gasteiger partial charge in [0, 0.05) is 11.6 Å². The molecule has 0 saturated heterocycles. The lowest BCUT2D eigenvalue weighted by molar-refractivity contribution is -0.137. The smallest absolute Gasteiger partial charge is 0.324 e. The molecule has 0 bridgehead atoms. The maximum atomic E-state index is 13.7. The molecule has 0 aliphatic heterocycles. The van der Waals surface area contributed by atoms with Crippen molar-refractivity contribution < 1.29 is 17.6 Å². The van der Waals surface area contributed by atoms with Gasteiger partial charge in [-0.1, -0.05) is 30.3 Å². The van der Waals surface area contributed by atoms with Crippen LogP contribution in [0.4, 0.5) is 17.6 Å². The summed E-state index contributed by atoms with van der Waals surface area (Å²) < 4.78 is 51.5. The third-order valence-corrected chi connectivity index (χ3v) is 3.02. The van der Waals surface area contributed by atoms with Crippen molar-refractivity contribution in [3.8, 4) is 0 Å². The predicted octanol–water partition coefficient (Wildman–Crippen LogP) is 4.09. The Hall–Kier alpha value is -1.88. The molecule has 0 fully saturated rings. The maximum absolute atomic E-state index is 13.7. The van der Waals surface area contributed by atoms with Crippen LogP contribution in [0.2, 0.25) is 0 Å². The second kappa shape index (κ2) is 5.63. The quantitative estimate of drug-likeness (QED) is 0.844. The van der Waals surface area contributed by atoms with Gasteiger partial charge in [-0.15, -0.1) is 0 Å². The van der Waals surface area contributed by atoms with Crippen LogP contribution in [0.3, 0.4) is 0 Å². The van der Waals surface area contributed by atoms with Crippen LogP contribution in [0, 0.1) is 5.82 Å². The Morgan fingerprint density at radius 1 is 1.00 bits per heavy atom. The number of rotatable bonds is 3. The molecule has 0 amide bonds. The molecule has 0 heterocycles. The fraction of sp³-hybridized carbons (Fsp3) is 0.200. The molecule has 0 spiro atoms. The van der Waals surface area contributed by atoms with Crippen LogP contribution < -0.4 is 5.73 Å². The molecule has 0 radical (unpaired) electrons. The zero-order valence-corrected chi connectivity index (χ0v) is 10.5. The van der Waals surface area contributed by atoms with E-state index < -0.39 is 23.6 Å². The monoisotopic (exact) mass is 283 g/mol. The van der Waals surface area contributed by atoms with Crippen molar-refractivity contribution in [2.24, 2.45) is 5.73 Å². The Kier molecular flexibility index (Phi) is 4.09. The molecule has 1 unspecified atom stereocenters. The van der Waals surface area contributed by atoms with Gasteiger partial charge < -0.3 is 5.73 Å². The molecule has 2 aromatic rings. The average molecular weight is 283 g/mol. The first-order valence-electron chi connectivity index (χ1n) is 6.04. The third-order valence-electron chi connectivity index (χ3n) is 3.02. The second-order valence-electron chi connectivity index (χ2n) is 4.53. The minimum Gasteiger partial charge on any atom is -0.324 e. The highest BCUT2D eigenvalue weighted by molar-refractivity contribution is 5.30. The van der Waals surface area contributed by atoms with Crippen molar-refractivity contribution in [1.29, 1.82) is 0 Å². The molecule has 1 atom stereocenters. The van der Waals surface area contributed by atoms with Crippen LogP contribution in [-0.2, 0) is 12.6 Å². The lowest BCUT2D eigenvalue weighted by Gasteiger charge is -2.15. The van der Waals surface area contributed by atoms with Gasteiger partial charge in [-0.2, -0.15) is 13.2 Å². The van der Waals surface area contributed by atoms with E-state index in [1.165, 1.54) is 0 Å². The van der Waals surface area contributed by atoms with Gasteiger partial charge in [-0.25, -0.2) is 4.39 Å². The van der Waals surface area contributed by atoms with Crippen LogP contribution in [0.25, 0.3) is 0 Å². The highest BCUT2D eigenvalue weighted by Crippen LogP contribution is 2.32. The fourth-order valence-electron chi connectivity index (χ4n) is 1.98. The number of hydrogen-bond donors (Lipinski definition) is 1. The van der Waals surface area contributed by atoms with Crippen LogP contribution in [0.5, 0.6) is 0 Å². The van der Waals surface area contributed by atoms with E-state index >= 15 is 0 Å². The van der Waals surface area contributed by atoms with Crippen LogP contribution in [-0.4, -0.2) is 0 Å². The highest BCUT2D eigenvalue weighted by Gasteiger charge is 2.31. The molecule has 5 heteroatoms. The number of hydrogen-bond acceptors (Lipinski definition) is 1. The van der Waals surface area contributed by atoms with E-state index in [4.69, 9.17) is 5.73 Å². The SMILES string of the molecule is NC(Cc1ccccc1)c1cc(C(F)(F)F)ccc1F. The summed E-state index contributed by atoms with van der Waals surface area (Å²) in [4.78, 5) is 0. The largest absolute Gasteiger partial charge is 0.416 e. The second-order valence-corrected chi connectivity index (χ2v) is 4.53. The molecule has 106 valence electrons. The van der Waals surface area contributed by atoms with E-state index in [-0.39, 0.29) is 12.0 Å². The lowest BCUT2D eigenvalue weighted by atomic mass is 9.97. The standard InChI is InChI=1S/C15H13F4N/c16-13-7-6-11(15(17,18)19)9-12(13)14(20)8-10-4-2-1-3-5-10/h1-7,9,14H,8,20H2. The van der Waals surface area contributed by atoms with E-state index in [2.05, 4.69) is 0 Å². The van der Waals surface area contributed by atoms with Crippen molar-refractivity contribution in [3.05, 3.63) is 71.0 Å². The molecule has 0 saturated carbocycles. The van der Waals surface area contributed by atoms with Gasteiger partial charge in [0.25, 0.3) is 0 Å². The molecular weight excluding hydrogens is 270 g/mol. The molecule has 2 rings (SSSR count). The summed E-state index contributed by atoms with van der Waals surface area (Å²) in [5, 5.41) is 0. The Bertz CT molecular complexity index is 578. The Balaban J connectivity index is 2.27. The molecule has 20 heavy (non-hydrogen) atoms. The summed E-state index contributed by atoms with van der Waals surface area (Å²) in [7, 11) is 0. The van der Waals surface area contributed by atoms with Gasteiger partial charge in [0.15, 0.2) is 0 Å². The van der Waals surface area contributed by atoms with Crippen molar-refractivity contribution in [1.82, 2.24) is 0 Å². The number of halogens is 4. The van der Waals surface area contributed by atoms with Crippen molar-refractivity contribution in [2.75, 3.05) is 0 Å². The van der Waals surface area contributed by atoms with E-state index in [0.29, 0.717) is 6.07 Å². The lowest BCUT2D eigenvalue weighted by Crippen LogP contribution is -2.16. The van der Waals surface area contributed by atoms with E-state index in [1.54, 1.807) is 24.3 Å². The Morgan fingerprint density at radius 3 is 2.25 bits per heavy atom. The minimum atomic E-state index is -4.51. The minimum absolute atomic E-state index is 0.122. The molecule has 2 N–H and O–H groups in total. The molecule has 1 nitrogen and oxygen atoms in total. The van der Waals surface area contributed by atoms with E-state index in [1.807, 2.05) is 6.07 Å². The summed E-state index contributed by atoms with van der Waals surface area (Å²) in [6.07, 6.45) is -4.23. The summed E-state index contributed by atoms with van der Waals surface area (Å²) in [6.45, 7) is 0. The summed E-state index contributed by atoms with van der Waals surface area (Å²) in [5.41, 5.74) is 5.66. The maximum Gasteiger partial charge on any atom is 0.416 e. The molecule has 0 aliphatic rings. The van der Waals surface area contributed by atoms with Crippen LogP contribution in [0.1, 0.15) is 22.7 Å². The van der Waals surface area contributed by atoms with Gasteiger partial charge in [-0.05, 0) is 30.2 Å². The van der Waals surface area contributed by atoms with E-state index in [0.717, 1.165) is 17.7 Å². The fourth-order valence-corrected chi connectivity index (χ4v) is 1.98. The number of benzene rings is 2. The number of alkyl halides is 3. The van der Waals surface area contributed by atoms with Gasteiger partial charge >= 0.3 is 6.18 Å². The first-order chi connectivity index (χ1) is 9.38. The summed E-state index contributed by atoms with van der Waals surface area (Å²) >= 11 is 0. The first kappa shape index (κ1) is 14.5. The Morgan fingerprint density at radius 2 is 1.65 bits per heavy atom. The predicted molar refractivity (Wildman–Crippen MR) is 68.5 cm³/mol. The van der Waals surface area contributed by atoms with Crippen molar-refractivity contribution >= 4 is 0 Å². The molecular formula is C15H13F4N. The zero-order valence-electron chi connectivity index (χ0n) is 10.5. The Labute approximate surface area is 114 Å². The van der Waals surface area contributed by atoms with Gasteiger partial charge in [0.2, 0.25) is 0 Å². The summed E-state index contributed by atoms with van der Waals surface area (Å²) in [6, 6.07) is 10.5. The molecule has 0 aromatic heterocycles. The van der Waals surface area contributed by atoms with Gasteiger partial charge in [0.05, 0.1) is 5.56 Å². The van der Waals surface area contributed by atoms with Gasteiger partial charge in [0.1, 0.15) is 5.82 Å². The number of nitrogens with two attached hydrogens (primary N) is 1. The first-order valence-corrected chi connectivity index (χ1v) is 6.04. The van der Waals surface area contributed by atoms with Crippen LogP contribution in [0.15, 0.2) is 48.5 Å². The normalized spacial score (nSPS) is 13.2. The molecule has 2 aromatic carbocycles. The van der Waals surface area contributed by atoms with Crippen molar-refractivity contribution in [2.45, 2.75) is 18.6 Å². The third kappa shape index (κ3) is 3.36. The highest BCUT2D eigenvalue weighted by atomic mass is 19.4.